The molecule has 0 radical (unpaired) electrons. The smallest absolute Gasteiger partial charge is 0.272 e. The average molecular weight is 399 g/mol. The predicted octanol–water partition coefficient (Wildman–Crippen LogP) is 3.56. The number of likely N-dealkylation sites (tertiary alicyclic amines) is 2. The molecule has 2 aliphatic heterocycles. The first-order valence-electron chi connectivity index (χ1n) is 10.5. The summed E-state index contributed by atoms with van der Waals surface area (Å²) in [5, 5.41) is 4.60. The number of hydrogen-bond acceptors (Lipinski definition) is 3. The lowest BCUT2D eigenvalue weighted by molar-refractivity contribution is 0.0618. The van der Waals surface area contributed by atoms with Gasteiger partial charge in [-0.05, 0) is 50.2 Å². The number of benzene rings is 1. The van der Waals surface area contributed by atoms with E-state index in [1.165, 1.54) is 12.1 Å². The van der Waals surface area contributed by atoms with E-state index in [4.69, 9.17) is 0 Å². The first-order chi connectivity index (χ1) is 13.7. The molecular weight excluding hydrogens is 367 g/mol. The van der Waals surface area contributed by atoms with Crippen molar-refractivity contribution in [3.63, 3.8) is 0 Å². The number of aryl methyl sites for hydroxylation is 1. The van der Waals surface area contributed by atoms with E-state index in [0.29, 0.717) is 12.2 Å². The number of carbonyl (C=O) groups is 1. The highest BCUT2D eigenvalue weighted by Crippen LogP contribution is 2.40. The van der Waals surface area contributed by atoms with Gasteiger partial charge in [0.2, 0.25) is 0 Å². The maximum atomic E-state index is 13.6. The van der Waals surface area contributed by atoms with Gasteiger partial charge in [0.15, 0.2) is 0 Å². The molecule has 156 valence electrons. The molecule has 2 fully saturated rings. The van der Waals surface area contributed by atoms with Crippen molar-refractivity contribution < 1.29 is 9.18 Å². The fourth-order valence-corrected chi connectivity index (χ4v) is 4.96. The largest absolute Gasteiger partial charge is 0.332 e. The second-order valence-electron chi connectivity index (χ2n) is 9.58. The molecule has 5 nitrogen and oxygen atoms in total. The first kappa shape index (κ1) is 20.1. The maximum Gasteiger partial charge on any atom is 0.272 e. The Hall–Kier alpha value is -2.21. The van der Waals surface area contributed by atoms with Crippen molar-refractivity contribution in [2.45, 2.75) is 57.0 Å². The molecule has 3 heterocycles. The zero-order chi connectivity index (χ0) is 20.9. The Kier molecular flexibility index (Phi) is 5.01. The van der Waals surface area contributed by atoms with Crippen LogP contribution >= 0.6 is 0 Å². The SMILES string of the molecule is CN1CCC[C@@H]2[C@H]1[C@@H](c1ccc(F)cc1)CN2C(=O)c1cc(C(C)(C)C)nn1C. The highest BCUT2D eigenvalue weighted by Gasteiger charge is 2.48. The average Bonchev–Trinajstić information content (AvgIpc) is 3.24. The number of rotatable bonds is 2. The molecule has 1 aromatic heterocycles. The Labute approximate surface area is 172 Å². The van der Waals surface area contributed by atoms with Crippen molar-refractivity contribution in [3.05, 3.63) is 53.1 Å². The number of aromatic nitrogens is 2. The van der Waals surface area contributed by atoms with Crippen LogP contribution in [0.15, 0.2) is 30.3 Å². The zero-order valence-corrected chi connectivity index (χ0v) is 18.0. The topological polar surface area (TPSA) is 41.4 Å². The third-order valence-electron chi connectivity index (χ3n) is 6.55. The van der Waals surface area contributed by atoms with Gasteiger partial charge < -0.3 is 9.80 Å². The standard InChI is InChI=1S/C23H31FN4O/c1-23(2,3)20-13-19(27(5)25-20)22(29)28-14-17(15-8-10-16(24)11-9-15)21-18(28)7-6-12-26(21)4/h8-11,13,17-18,21H,6-7,12,14H2,1-5H3/t17-,18-,21-/m1/s1. The van der Waals surface area contributed by atoms with Gasteiger partial charge in [-0.2, -0.15) is 5.10 Å². The highest BCUT2D eigenvalue weighted by atomic mass is 19.1. The second-order valence-corrected chi connectivity index (χ2v) is 9.58. The fraction of sp³-hybridized carbons (Fsp3) is 0.565. The fourth-order valence-electron chi connectivity index (χ4n) is 4.96. The van der Waals surface area contributed by atoms with Gasteiger partial charge in [-0.3, -0.25) is 9.48 Å². The molecule has 4 rings (SSSR count). The summed E-state index contributed by atoms with van der Waals surface area (Å²) >= 11 is 0. The van der Waals surface area contributed by atoms with Crippen molar-refractivity contribution in [1.82, 2.24) is 19.6 Å². The van der Waals surface area contributed by atoms with E-state index in [1.807, 2.05) is 30.1 Å². The summed E-state index contributed by atoms with van der Waals surface area (Å²) < 4.78 is 15.2. The van der Waals surface area contributed by atoms with Gasteiger partial charge in [-0.25, -0.2) is 4.39 Å². The second kappa shape index (κ2) is 7.24. The summed E-state index contributed by atoms with van der Waals surface area (Å²) in [6.07, 6.45) is 2.08. The maximum absolute atomic E-state index is 13.6. The normalized spacial score (nSPS) is 25.3. The lowest BCUT2D eigenvalue weighted by atomic mass is 9.86. The summed E-state index contributed by atoms with van der Waals surface area (Å²) in [6, 6.07) is 9.15. The Balaban J connectivity index is 1.68. The molecule has 0 bridgehead atoms. The van der Waals surface area contributed by atoms with E-state index >= 15 is 0 Å². The molecule has 1 amide bonds. The van der Waals surface area contributed by atoms with Gasteiger partial charge in [-0.15, -0.1) is 0 Å². The van der Waals surface area contributed by atoms with Crippen molar-refractivity contribution in [1.29, 1.82) is 0 Å². The van der Waals surface area contributed by atoms with Crippen molar-refractivity contribution >= 4 is 5.91 Å². The number of fused-ring (bicyclic) bond motifs is 1. The van der Waals surface area contributed by atoms with Crippen molar-refractivity contribution in [2.75, 3.05) is 20.1 Å². The molecule has 29 heavy (non-hydrogen) atoms. The van der Waals surface area contributed by atoms with Crippen LogP contribution in [-0.4, -0.2) is 57.7 Å². The number of halogens is 1. The number of likely N-dealkylation sites (N-methyl/N-ethyl adjacent to an activating group) is 1. The Morgan fingerprint density at radius 2 is 1.86 bits per heavy atom. The molecule has 6 heteroatoms. The third-order valence-corrected chi connectivity index (χ3v) is 6.55. The van der Waals surface area contributed by atoms with Crippen LogP contribution in [0.25, 0.3) is 0 Å². The lowest BCUT2D eigenvalue weighted by Gasteiger charge is -2.39. The van der Waals surface area contributed by atoms with Crippen LogP contribution < -0.4 is 0 Å². The third kappa shape index (κ3) is 3.59. The number of piperidine rings is 1. The molecular formula is C23H31FN4O. The highest BCUT2D eigenvalue weighted by molar-refractivity contribution is 5.93. The van der Waals surface area contributed by atoms with E-state index in [9.17, 15) is 9.18 Å². The summed E-state index contributed by atoms with van der Waals surface area (Å²) in [7, 11) is 3.99. The van der Waals surface area contributed by atoms with Gasteiger partial charge in [0.25, 0.3) is 5.91 Å². The van der Waals surface area contributed by atoms with Gasteiger partial charge in [0.05, 0.1) is 5.69 Å². The van der Waals surface area contributed by atoms with E-state index in [0.717, 1.165) is 30.6 Å². The number of hydrogen-bond donors (Lipinski definition) is 0. The van der Waals surface area contributed by atoms with Crippen LogP contribution in [0.2, 0.25) is 0 Å². The predicted molar refractivity (Wildman–Crippen MR) is 112 cm³/mol. The van der Waals surface area contributed by atoms with Crippen molar-refractivity contribution in [3.8, 4) is 0 Å². The van der Waals surface area contributed by atoms with Gasteiger partial charge in [0.1, 0.15) is 11.5 Å². The molecule has 0 spiro atoms. The first-order valence-corrected chi connectivity index (χ1v) is 10.5. The van der Waals surface area contributed by atoms with E-state index in [-0.39, 0.29) is 35.1 Å². The molecule has 0 saturated carbocycles. The van der Waals surface area contributed by atoms with Crippen LogP contribution in [0, 0.1) is 5.82 Å². The monoisotopic (exact) mass is 398 g/mol. The summed E-state index contributed by atoms with van der Waals surface area (Å²) in [5.74, 6) is 0.00778. The molecule has 1 aromatic carbocycles. The molecule has 3 atom stereocenters. The van der Waals surface area contributed by atoms with Crippen LogP contribution in [-0.2, 0) is 12.5 Å². The Morgan fingerprint density at radius 1 is 1.17 bits per heavy atom. The van der Waals surface area contributed by atoms with Gasteiger partial charge in [-0.1, -0.05) is 32.9 Å². The minimum atomic E-state index is -0.224. The minimum absolute atomic E-state index is 0.0467. The number of nitrogens with zero attached hydrogens (tertiary/aromatic N) is 4. The number of carbonyl (C=O) groups excluding carboxylic acids is 1. The van der Waals surface area contributed by atoms with E-state index < -0.39 is 0 Å². The molecule has 0 unspecified atom stereocenters. The number of amides is 1. The van der Waals surface area contributed by atoms with Crippen LogP contribution in [0.1, 0.15) is 61.3 Å². The zero-order valence-electron chi connectivity index (χ0n) is 18.0. The molecule has 2 saturated heterocycles. The van der Waals surface area contributed by atoms with Crippen LogP contribution in [0.5, 0.6) is 0 Å². The quantitative estimate of drug-likeness (QED) is 0.777. The lowest BCUT2D eigenvalue weighted by Crippen LogP contribution is -2.50. The van der Waals surface area contributed by atoms with Gasteiger partial charge in [0, 0.05) is 37.0 Å². The van der Waals surface area contributed by atoms with E-state index in [1.54, 1.807) is 4.68 Å². The summed E-state index contributed by atoms with van der Waals surface area (Å²) in [6.45, 7) is 8.00. The molecule has 0 aliphatic carbocycles. The molecule has 0 N–H and O–H groups in total. The van der Waals surface area contributed by atoms with E-state index in [2.05, 4.69) is 37.8 Å². The molecule has 2 aliphatic rings. The van der Waals surface area contributed by atoms with Crippen LogP contribution in [0.3, 0.4) is 0 Å². The summed E-state index contributed by atoms with van der Waals surface area (Å²) in [4.78, 5) is 18.0. The van der Waals surface area contributed by atoms with Gasteiger partial charge >= 0.3 is 0 Å². The Bertz CT molecular complexity index is 899. The minimum Gasteiger partial charge on any atom is -0.332 e. The summed E-state index contributed by atoms with van der Waals surface area (Å²) in [5.41, 5.74) is 2.56. The van der Waals surface area contributed by atoms with Crippen molar-refractivity contribution in [2.24, 2.45) is 7.05 Å². The van der Waals surface area contributed by atoms with Crippen LogP contribution in [0.4, 0.5) is 4.39 Å². The Morgan fingerprint density at radius 3 is 2.48 bits per heavy atom. The molecule has 2 aromatic rings.